The lowest BCUT2D eigenvalue weighted by Gasteiger charge is -2.56. The van der Waals surface area contributed by atoms with Crippen LogP contribution in [0.3, 0.4) is 0 Å². The van der Waals surface area contributed by atoms with E-state index in [1.54, 1.807) is 0 Å². The van der Waals surface area contributed by atoms with Gasteiger partial charge in [-0.25, -0.2) is 4.79 Å². The monoisotopic (exact) mass is 356 g/mol. The Hall–Kier alpha value is -1.73. The Bertz CT molecular complexity index is 619. The van der Waals surface area contributed by atoms with Crippen LogP contribution in [0.2, 0.25) is 0 Å². The largest absolute Gasteiger partial charge is 0.435 e. The molecule has 138 valence electrons. The van der Waals surface area contributed by atoms with Gasteiger partial charge in [0.25, 0.3) is 0 Å². The second-order valence-corrected chi connectivity index (χ2v) is 8.04. The van der Waals surface area contributed by atoms with E-state index < -0.39 is 11.9 Å². The third-order valence-corrected chi connectivity index (χ3v) is 5.97. The Labute approximate surface area is 144 Å². The lowest BCUT2D eigenvalue weighted by molar-refractivity contribution is -0.141. The molecule has 1 aromatic heterocycles. The van der Waals surface area contributed by atoms with Crippen molar-refractivity contribution in [1.82, 2.24) is 20.4 Å². The van der Waals surface area contributed by atoms with Crippen molar-refractivity contribution in [2.45, 2.75) is 56.8 Å². The lowest BCUT2D eigenvalue weighted by Crippen LogP contribution is -2.61. The molecule has 4 bridgehead atoms. The van der Waals surface area contributed by atoms with Crippen LogP contribution in [0.4, 0.5) is 18.0 Å². The molecule has 0 unspecified atom stereocenters. The molecule has 4 aliphatic rings. The van der Waals surface area contributed by atoms with E-state index in [9.17, 15) is 18.0 Å². The van der Waals surface area contributed by atoms with Gasteiger partial charge in [0.15, 0.2) is 5.69 Å². The van der Waals surface area contributed by atoms with Crippen molar-refractivity contribution in [3.8, 4) is 0 Å². The molecule has 8 heteroatoms. The molecule has 0 aromatic carbocycles. The van der Waals surface area contributed by atoms with Crippen molar-refractivity contribution >= 4 is 6.03 Å². The van der Waals surface area contributed by atoms with Crippen LogP contribution < -0.4 is 10.6 Å². The van der Waals surface area contributed by atoms with Crippen LogP contribution in [0.25, 0.3) is 0 Å². The van der Waals surface area contributed by atoms with Gasteiger partial charge < -0.3 is 10.6 Å². The highest BCUT2D eigenvalue weighted by molar-refractivity contribution is 5.74. The first-order chi connectivity index (χ1) is 11.8. The third kappa shape index (κ3) is 3.48. The van der Waals surface area contributed by atoms with E-state index in [1.165, 1.54) is 30.1 Å². The summed E-state index contributed by atoms with van der Waals surface area (Å²) in [7, 11) is 0. The van der Waals surface area contributed by atoms with Gasteiger partial charge in [-0.3, -0.25) is 4.68 Å². The number of alkyl halides is 3. The first-order valence-electron chi connectivity index (χ1n) is 8.98. The quantitative estimate of drug-likeness (QED) is 0.871. The Balaban J connectivity index is 1.26. The minimum absolute atomic E-state index is 0.0615. The van der Waals surface area contributed by atoms with E-state index in [0.717, 1.165) is 43.1 Å². The van der Waals surface area contributed by atoms with Gasteiger partial charge in [0.1, 0.15) is 0 Å². The highest BCUT2D eigenvalue weighted by Gasteiger charge is 2.51. The van der Waals surface area contributed by atoms with E-state index in [2.05, 4.69) is 15.7 Å². The normalized spacial score (nSPS) is 33.5. The standard InChI is InChI=1S/C17H23F3N4O/c18-17(19,20)14-1-3-24(23-14)4-2-21-15(25)22-16-8-11-5-12(9-16)7-13(6-11)10-16/h1,3,11-13H,2,4-10H2,(H2,21,22,25). The molecule has 5 nitrogen and oxygen atoms in total. The first kappa shape index (κ1) is 16.7. The van der Waals surface area contributed by atoms with Crippen LogP contribution in [0.15, 0.2) is 12.3 Å². The third-order valence-electron chi connectivity index (χ3n) is 5.97. The molecule has 4 saturated carbocycles. The number of nitrogens with one attached hydrogen (secondary N) is 2. The summed E-state index contributed by atoms with van der Waals surface area (Å²) in [6.07, 6.45) is 3.98. The highest BCUT2D eigenvalue weighted by atomic mass is 19.4. The van der Waals surface area contributed by atoms with Crippen molar-refractivity contribution in [3.63, 3.8) is 0 Å². The molecular weight excluding hydrogens is 333 g/mol. The molecule has 0 radical (unpaired) electrons. The van der Waals surface area contributed by atoms with Crippen LogP contribution in [0.1, 0.15) is 44.2 Å². The van der Waals surface area contributed by atoms with E-state index in [-0.39, 0.29) is 24.7 Å². The van der Waals surface area contributed by atoms with E-state index >= 15 is 0 Å². The van der Waals surface area contributed by atoms with Crippen molar-refractivity contribution in [3.05, 3.63) is 18.0 Å². The smallest absolute Gasteiger partial charge is 0.336 e. The SMILES string of the molecule is O=C(NCCn1ccc(C(F)(F)F)n1)NC12CC3CC(CC(C3)C1)C2. The van der Waals surface area contributed by atoms with E-state index in [0.29, 0.717) is 0 Å². The van der Waals surface area contributed by atoms with Gasteiger partial charge in [0.05, 0.1) is 6.54 Å². The molecule has 0 spiro atoms. The lowest BCUT2D eigenvalue weighted by atomic mass is 9.53. The van der Waals surface area contributed by atoms with Gasteiger partial charge in [-0.2, -0.15) is 18.3 Å². The van der Waals surface area contributed by atoms with Gasteiger partial charge in [0.2, 0.25) is 0 Å². The van der Waals surface area contributed by atoms with Gasteiger partial charge in [-0.05, 0) is 62.3 Å². The number of rotatable bonds is 4. The van der Waals surface area contributed by atoms with Crippen molar-refractivity contribution in [2.75, 3.05) is 6.54 Å². The van der Waals surface area contributed by atoms with Crippen molar-refractivity contribution in [2.24, 2.45) is 17.8 Å². The topological polar surface area (TPSA) is 59.0 Å². The molecule has 2 amide bonds. The zero-order chi connectivity index (χ0) is 17.7. The average Bonchev–Trinajstić information content (AvgIpc) is 2.94. The number of amides is 2. The van der Waals surface area contributed by atoms with Gasteiger partial charge in [0, 0.05) is 18.3 Å². The van der Waals surface area contributed by atoms with Crippen molar-refractivity contribution in [1.29, 1.82) is 0 Å². The molecule has 4 aliphatic carbocycles. The maximum atomic E-state index is 12.5. The molecule has 25 heavy (non-hydrogen) atoms. The summed E-state index contributed by atoms with van der Waals surface area (Å²) >= 11 is 0. The predicted octanol–water partition coefficient (Wildman–Crippen LogP) is 3.17. The summed E-state index contributed by atoms with van der Waals surface area (Å²) in [6.45, 7) is 0.460. The fourth-order valence-electron chi connectivity index (χ4n) is 5.47. The van der Waals surface area contributed by atoms with Gasteiger partial charge in [-0.15, -0.1) is 0 Å². The Kier molecular flexibility index (Phi) is 3.96. The summed E-state index contributed by atoms with van der Waals surface area (Å²) in [6, 6.07) is 0.723. The van der Waals surface area contributed by atoms with Crippen LogP contribution in [0, 0.1) is 17.8 Å². The van der Waals surface area contributed by atoms with Crippen LogP contribution in [0.5, 0.6) is 0 Å². The predicted molar refractivity (Wildman–Crippen MR) is 84.7 cm³/mol. The summed E-state index contributed by atoms with van der Waals surface area (Å²) in [4.78, 5) is 12.3. The maximum absolute atomic E-state index is 12.5. The highest BCUT2D eigenvalue weighted by Crippen LogP contribution is 2.55. The molecule has 5 rings (SSSR count). The second-order valence-electron chi connectivity index (χ2n) is 8.04. The molecule has 4 fully saturated rings. The van der Waals surface area contributed by atoms with Gasteiger partial charge in [-0.1, -0.05) is 0 Å². The zero-order valence-corrected chi connectivity index (χ0v) is 14.0. The summed E-state index contributed by atoms with van der Waals surface area (Å²) in [5, 5.41) is 9.42. The number of carbonyl (C=O) groups is 1. The molecular formula is C17H23F3N4O. The average molecular weight is 356 g/mol. The number of urea groups is 1. The number of carbonyl (C=O) groups excluding carboxylic acids is 1. The van der Waals surface area contributed by atoms with Crippen LogP contribution in [-0.2, 0) is 12.7 Å². The summed E-state index contributed by atoms with van der Waals surface area (Å²) in [5.41, 5.74) is -0.973. The van der Waals surface area contributed by atoms with Crippen LogP contribution in [-0.4, -0.2) is 27.9 Å². The molecule has 0 saturated heterocycles. The number of hydrogen-bond donors (Lipinski definition) is 2. The number of nitrogens with zero attached hydrogens (tertiary/aromatic N) is 2. The molecule has 2 N–H and O–H groups in total. The fraction of sp³-hybridized carbons (Fsp3) is 0.765. The first-order valence-corrected chi connectivity index (χ1v) is 8.98. The molecule has 0 atom stereocenters. The van der Waals surface area contributed by atoms with E-state index in [1.807, 2.05) is 0 Å². The Morgan fingerprint density at radius 1 is 1.20 bits per heavy atom. The Morgan fingerprint density at radius 3 is 2.32 bits per heavy atom. The fourth-order valence-corrected chi connectivity index (χ4v) is 5.47. The molecule has 1 aromatic rings. The second kappa shape index (κ2) is 5.92. The number of hydrogen-bond acceptors (Lipinski definition) is 2. The molecule has 1 heterocycles. The van der Waals surface area contributed by atoms with E-state index in [4.69, 9.17) is 0 Å². The number of halogens is 3. The maximum Gasteiger partial charge on any atom is 0.435 e. The number of aromatic nitrogens is 2. The van der Waals surface area contributed by atoms with Gasteiger partial charge >= 0.3 is 12.2 Å². The minimum Gasteiger partial charge on any atom is -0.336 e. The molecule has 0 aliphatic heterocycles. The van der Waals surface area contributed by atoms with Crippen LogP contribution >= 0.6 is 0 Å². The summed E-state index contributed by atoms with van der Waals surface area (Å²) < 4.78 is 38.7. The minimum atomic E-state index is -4.44. The zero-order valence-electron chi connectivity index (χ0n) is 14.0. The summed E-state index contributed by atoms with van der Waals surface area (Å²) in [5.74, 6) is 2.24. The van der Waals surface area contributed by atoms with Crippen molar-refractivity contribution < 1.29 is 18.0 Å². The Morgan fingerprint density at radius 2 is 1.80 bits per heavy atom.